The van der Waals surface area contributed by atoms with Crippen molar-refractivity contribution in [2.45, 2.75) is 39.0 Å². The van der Waals surface area contributed by atoms with Gasteiger partial charge in [-0.1, -0.05) is 19.8 Å². The first kappa shape index (κ1) is 14.0. The third kappa shape index (κ3) is 3.79. The molecule has 1 aromatic carbocycles. The van der Waals surface area contributed by atoms with Crippen LogP contribution in [0.2, 0.25) is 0 Å². The van der Waals surface area contributed by atoms with Crippen LogP contribution in [-0.2, 0) is 0 Å². The number of nitrogens with zero attached hydrogens (tertiary/aromatic N) is 1. The molecule has 0 aliphatic carbocycles. The fraction of sp³-hybridized carbons (Fsp3) is 0.562. The van der Waals surface area contributed by atoms with Crippen LogP contribution in [0.3, 0.4) is 0 Å². The van der Waals surface area contributed by atoms with E-state index in [-0.39, 0.29) is 5.82 Å². The number of anilines is 1. The van der Waals surface area contributed by atoms with E-state index in [4.69, 9.17) is 0 Å². The number of aldehydes is 1. The molecular weight excluding hydrogens is 241 g/mol. The van der Waals surface area contributed by atoms with Crippen LogP contribution in [0.15, 0.2) is 18.2 Å². The van der Waals surface area contributed by atoms with Crippen LogP contribution in [0.5, 0.6) is 0 Å². The fourth-order valence-corrected chi connectivity index (χ4v) is 2.97. The molecule has 3 heteroatoms. The van der Waals surface area contributed by atoms with Gasteiger partial charge in [0.25, 0.3) is 0 Å². The molecule has 0 N–H and O–H groups in total. The van der Waals surface area contributed by atoms with Crippen LogP contribution in [0.25, 0.3) is 0 Å². The summed E-state index contributed by atoms with van der Waals surface area (Å²) in [6.07, 6.45) is 6.82. The number of carbonyl (C=O) groups is 1. The third-order valence-electron chi connectivity index (χ3n) is 3.95. The van der Waals surface area contributed by atoms with Gasteiger partial charge in [-0.3, -0.25) is 4.79 Å². The molecule has 1 atom stereocenters. The molecule has 1 aliphatic heterocycles. The molecule has 0 spiro atoms. The Morgan fingerprint density at radius 1 is 1.32 bits per heavy atom. The lowest BCUT2D eigenvalue weighted by Crippen LogP contribution is -2.24. The Morgan fingerprint density at radius 3 is 2.89 bits per heavy atom. The maximum absolute atomic E-state index is 13.5. The lowest BCUT2D eigenvalue weighted by atomic mass is 9.96. The van der Waals surface area contributed by atoms with Gasteiger partial charge in [0.05, 0.1) is 0 Å². The van der Waals surface area contributed by atoms with Crippen molar-refractivity contribution in [1.82, 2.24) is 0 Å². The van der Waals surface area contributed by atoms with Crippen molar-refractivity contribution in [3.63, 3.8) is 0 Å². The maximum Gasteiger partial charge on any atom is 0.150 e. The molecule has 0 radical (unpaired) electrons. The summed E-state index contributed by atoms with van der Waals surface area (Å²) in [6, 6.07) is 4.61. The van der Waals surface area contributed by atoms with E-state index in [2.05, 4.69) is 11.8 Å². The maximum atomic E-state index is 13.5. The van der Waals surface area contributed by atoms with Crippen LogP contribution in [-0.4, -0.2) is 19.4 Å². The van der Waals surface area contributed by atoms with Gasteiger partial charge in [-0.15, -0.1) is 0 Å². The largest absolute Gasteiger partial charge is 0.371 e. The predicted molar refractivity (Wildman–Crippen MR) is 76.2 cm³/mol. The highest BCUT2D eigenvalue weighted by Gasteiger charge is 2.17. The molecule has 2 rings (SSSR count). The van der Waals surface area contributed by atoms with Crippen molar-refractivity contribution in [2.75, 3.05) is 18.0 Å². The van der Waals surface area contributed by atoms with Gasteiger partial charge in [0.2, 0.25) is 0 Å². The minimum Gasteiger partial charge on any atom is -0.371 e. The highest BCUT2D eigenvalue weighted by atomic mass is 19.1. The van der Waals surface area contributed by atoms with Crippen molar-refractivity contribution >= 4 is 12.0 Å². The molecule has 1 heterocycles. The second-order valence-corrected chi connectivity index (χ2v) is 5.43. The monoisotopic (exact) mass is 263 g/mol. The average molecular weight is 263 g/mol. The van der Waals surface area contributed by atoms with Gasteiger partial charge >= 0.3 is 0 Å². The molecule has 1 fully saturated rings. The van der Waals surface area contributed by atoms with Gasteiger partial charge < -0.3 is 4.90 Å². The molecular formula is C16H22FNO. The normalized spacial score (nSPS) is 20.1. The van der Waals surface area contributed by atoms with Crippen molar-refractivity contribution in [3.8, 4) is 0 Å². The van der Waals surface area contributed by atoms with Gasteiger partial charge in [-0.2, -0.15) is 0 Å². The number of benzene rings is 1. The number of halogens is 1. The predicted octanol–water partition coefficient (Wildman–Crippen LogP) is 4.04. The summed E-state index contributed by atoms with van der Waals surface area (Å²) in [7, 11) is 0. The lowest BCUT2D eigenvalue weighted by Gasteiger charge is -2.23. The van der Waals surface area contributed by atoms with E-state index in [1.54, 1.807) is 6.07 Å². The van der Waals surface area contributed by atoms with Gasteiger partial charge in [0, 0.05) is 24.3 Å². The van der Waals surface area contributed by atoms with Crippen LogP contribution in [0.1, 0.15) is 49.4 Å². The summed E-state index contributed by atoms with van der Waals surface area (Å²) in [5.74, 6) is 0.475. The second-order valence-electron chi connectivity index (χ2n) is 5.43. The smallest absolute Gasteiger partial charge is 0.150 e. The molecule has 19 heavy (non-hydrogen) atoms. The van der Waals surface area contributed by atoms with E-state index in [1.165, 1.54) is 37.8 Å². The van der Waals surface area contributed by atoms with Gasteiger partial charge in [0.15, 0.2) is 0 Å². The van der Waals surface area contributed by atoms with Crippen molar-refractivity contribution in [1.29, 1.82) is 0 Å². The molecule has 0 amide bonds. The first-order chi connectivity index (χ1) is 9.22. The Bertz CT molecular complexity index is 433. The number of rotatable bonds is 4. The standard InChI is InChI=1S/C16H22FNO/c1-2-4-13-5-3-7-18(8-6-13)16-10-14(12-19)9-15(17)11-16/h9-13H,2-8H2,1H3. The minimum atomic E-state index is -0.325. The van der Waals surface area contributed by atoms with Crippen LogP contribution >= 0.6 is 0 Å². The minimum absolute atomic E-state index is 0.325. The molecule has 1 unspecified atom stereocenters. The SMILES string of the molecule is CCCC1CCCN(c2cc(F)cc(C=O)c2)CC1. The number of hydrogen-bond donors (Lipinski definition) is 0. The topological polar surface area (TPSA) is 20.3 Å². The number of carbonyl (C=O) groups excluding carboxylic acids is 1. The summed E-state index contributed by atoms with van der Waals surface area (Å²) in [5.41, 5.74) is 1.27. The quantitative estimate of drug-likeness (QED) is 0.764. The van der Waals surface area contributed by atoms with E-state index >= 15 is 0 Å². The zero-order valence-corrected chi connectivity index (χ0v) is 11.6. The average Bonchev–Trinajstić information content (AvgIpc) is 2.64. The molecule has 1 saturated heterocycles. The fourth-order valence-electron chi connectivity index (χ4n) is 2.97. The van der Waals surface area contributed by atoms with Crippen LogP contribution in [0.4, 0.5) is 10.1 Å². The van der Waals surface area contributed by atoms with Crippen molar-refractivity contribution in [3.05, 3.63) is 29.6 Å². The molecule has 1 aromatic rings. The zero-order chi connectivity index (χ0) is 13.7. The summed E-state index contributed by atoms with van der Waals surface area (Å²) < 4.78 is 13.5. The Morgan fingerprint density at radius 2 is 2.16 bits per heavy atom. The van der Waals surface area contributed by atoms with Crippen molar-refractivity contribution in [2.24, 2.45) is 5.92 Å². The van der Waals surface area contributed by atoms with E-state index in [9.17, 15) is 9.18 Å². The third-order valence-corrected chi connectivity index (χ3v) is 3.95. The van der Waals surface area contributed by atoms with Gasteiger partial charge in [-0.25, -0.2) is 4.39 Å². The van der Waals surface area contributed by atoms with Crippen LogP contribution in [0, 0.1) is 11.7 Å². The molecule has 1 aliphatic rings. The summed E-state index contributed by atoms with van der Waals surface area (Å²) in [5, 5.41) is 0. The van der Waals surface area contributed by atoms with E-state index in [0.717, 1.165) is 31.1 Å². The van der Waals surface area contributed by atoms with Gasteiger partial charge in [-0.05, 0) is 43.4 Å². The summed E-state index contributed by atoms with van der Waals surface area (Å²) in [6.45, 7) is 4.15. The Hall–Kier alpha value is -1.38. The first-order valence-electron chi connectivity index (χ1n) is 7.23. The Balaban J connectivity index is 2.09. The van der Waals surface area contributed by atoms with E-state index < -0.39 is 0 Å². The molecule has 0 bridgehead atoms. The summed E-state index contributed by atoms with van der Waals surface area (Å²) >= 11 is 0. The highest BCUT2D eigenvalue weighted by Crippen LogP contribution is 2.26. The van der Waals surface area contributed by atoms with E-state index in [1.807, 2.05) is 0 Å². The summed E-state index contributed by atoms with van der Waals surface area (Å²) in [4.78, 5) is 13.0. The molecule has 0 aromatic heterocycles. The number of hydrogen-bond acceptors (Lipinski definition) is 2. The molecule has 0 saturated carbocycles. The van der Waals surface area contributed by atoms with Crippen LogP contribution < -0.4 is 4.90 Å². The van der Waals surface area contributed by atoms with Crippen molar-refractivity contribution < 1.29 is 9.18 Å². The Kier molecular flexibility index (Phi) is 4.94. The Labute approximate surface area is 114 Å². The highest BCUT2D eigenvalue weighted by molar-refractivity contribution is 5.77. The van der Waals surface area contributed by atoms with E-state index in [0.29, 0.717) is 11.8 Å². The lowest BCUT2D eigenvalue weighted by molar-refractivity contribution is 0.112. The molecule has 2 nitrogen and oxygen atoms in total. The molecule has 104 valence electrons. The first-order valence-corrected chi connectivity index (χ1v) is 7.23. The zero-order valence-electron chi connectivity index (χ0n) is 11.6. The van der Waals surface area contributed by atoms with Gasteiger partial charge in [0.1, 0.15) is 12.1 Å². The second kappa shape index (κ2) is 6.69.